The first-order valence-electron chi connectivity index (χ1n) is 8.57. The van der Waals surface area contributed by atoms with E-state index in [1.807, 2.05) is 24.3 Å². The van der Waals surface area contributed by atoms with Crippen molar-refractivity contribution in [1.82, 2.24) is 20.3 Å². The lowest BCUT2D eigenvalue weighted by Crippen LogP contribution is -2.27. The molecule has 1 amide bonds. The van der Waals surface area contributed by atoms with E-state index in [0.29, 0.717) is 30.3 Å². The van der Waals surface area contributed by atoms with Gasteiger partial charge in [-0.1, -0.05) is 12.1 Å². The third-order valence-corrected chi connectivity index (χ3v) is 3.93. The van der Waals surface area contributed by atoms with E-state index in [2.05, 4.69) is 20.3 Å². The molecule has 1 aromatic carbocycles. The summed E-state index contributed by atoms with van der Waals surface area (Å²) < 4.78 is 10.7. The van der Waals surface area contributed by atoms with Crippen LogP contribution in [0.25, 0.3) is 0 Å². The van der Waals surface area contributed by atoms with Crippen molar-refractivity contribution in [3.63, 3.8) is 0 Å². The maximum absolute atomic E-state index is 11.9. The second-order valence-electron chi connectivity index (χ2n) is 5.97. The summed E-state index contributed by atoms with van der Waals surface area (Å²) in [6.07, 6.45) is 2.11. The first-order chi connectivity index (χ1) is 13.5. The molecule has 0 atom stereocenters. The van der Waals surface area contributed by atoms with E-state index in [1.54, 1.807) is 25.4 Å². The van der Waals surface area contributed by atoms with Crippen molar-refractivity contribution in [2.75, 3.05) is 13.7 Å². The molecule has 4 N–H and O–H groups in total. The molecule has 0 bridgehead atoms. The van der Waals surface area contributed by atoms with Gasteiger partial charge >= 0.3 is 5.69 Å². The molecule has 2 heterocycles. The minimum atomic E-state index is -0.548. The summed E-state index contributed by atoms with van der Waals surface area (Å²) in [5.41, 5.74) is 0.642. The van der Waals surface area contributed by atoms with Crippen molar-refractivity contribution in [1.29, 1.82) is 0 Å². The van der Waals surface area contributed by atoms with Crippen LogP contribution in [-0.2, 0) is 17.6 Å². The van der Waals surface area contributed by atoms with Crippen LogP contribution in [0.15, 0.2) is 47.4 Å². The molecule has 0 unspecified atom stereocenters. The fourth-order valence-corrected chi connectivity index (χ4v) is 2.52. The molecule has 0 spiro atoms. The molecular weight excluding hydrogens is 364 g/mol. The largest absolute Gasteiger partial charge is 0.493 e. The summed E-state index contributed by atoms with van der Waals surface area (Å²) >= 11 is 0. The van der Waals surface area contributed by atoms with Gasteiger partial charge in [-0.2, -0.15) is 0 Å². The van der Waals surface area contributed by atoms with E-state index in [1.165, 1.54) is 0 Å². The maximum Gasteiger partial charge on any atom is 0.325 e. The van der Waals surface area contributed by atoms with E-state index in [4.69, 9.17) is 9.47 Å². The first-order valence-corrected chi connectivity index (χ1v) is 8.57. The van der Waals surface area contributed by atoms with Crippen LogP contribution >= 0.6 is 0 Å². The zero-order valence-electron chi connectivity index (χ0n) is 15.2. The second-order valence-corrected chi connectivity index (χ2v) is 5.97. The predicted molar refractivity (Wildman–Crippen MR) is 101 cm³/mol. The van der Waals surface area contributed by atoms with Gasteiger partial charge in [0.1, 0.15) is 11.5 Å². The first kappa shape index (κ1) is 19.0. The van der Waals surface area contributed by atoms with Gasteiger partial charge in [-0.05, 0) is 30.2 Å². The zero-order valence-corrected chi connectivity index (χ0v) is 15.2. The van der Waals surface area contributed by atoms with E-state index in [-0.39, 0.29) is 23.9 Å². The molecule has 146 valence electrons. The van der Waals surface area contributed by atoms with Crippen molar-refractivity contribution >= 4 is 5.91 Å². The molecule has 0 aliphatic carbocycles. The SMILES string of the molecule is COc1ccc(Oc2ccc(CCNC(=O)Cc3[nH]c(=O)[nH]c3O)cc2)cn1. The van der Waals surface area contributed by atoms with Gasteiger partial charge in [0.25, 0.3) is 0 Å². The number of aromatic amines is 2. The number of ether oxygens (including phenoxy) is 2. The summed E-state index contributed by atoms with van der Waals surface area (Å²) in [5, 5.41) is 12.2. The molecule has 3 rings (SSSR count). The molecule has 0 aliphatic rings. The normalized spacial score (nSPS) is 10.5. The quantitative estimate of drug-likeness (QED) is 0.466. The van der Waals surface area contributed by atoms with Gasteiger partial charge < -0.3 is 24.9 Å². The molecule has 28 heavy (non-hydrogen) atoms. The Labute approximate surface area is 160 Å². The smallest absolute Gasteiger partial charge is 0.325 e. The number of nitrogens with one attached hydrogen (secondary N) is 3. The summed E-state index contributed by atoms with van der Waals surface area (Å²) in [6, 6.07) is 11.0. The number of hydrogen-bond acceptors (Lipinski definition) is 6. The fourth-order valence-electron chi connectivity index (χ4n) is 2.52. The van der Waals surface area contributed by atoms with Crippen LogP contribution in [0.5, 0.6) is 23.3 Å². The van der Waals surface area contributed by atoms with Crippen LogP contribution in [-0.4, -0.2) is 39.6 Å². The van der Waals surface area contributed by atoms with Crippen molar-refractivity contribution < 1.29 is 19.4 Å². The third kappa shape index (κ3) is 5.13. The lowest BCUT2D eigenvalue weighted by Gasteiger charge is -2.08. The summed E-state index contributed by atoms with van der Waals surface area (Å²) in [6.45, 7) is 0.427. The van der Waals surface area contributed by atoms with Crippen molar-refractivity contribution in [2.24, 2.45) is 0 Å². The minimum absolute atomic E-state index is 0.104. The highest BCUT2D eigenvalue weighted by molar-refractivity contribution is 5.78. The topological polar surface area (TPSA) is 129 Å². The highest BCUT2D eigenvalue weighted by Crippen LogP contribution is 2.22. The molecule has 9 heteroatoms. The van der Waals surface area contributed by atoms with Gasteiger partial charge in [-0.25, -0.2) is 9.78 Å². The van der Waals surface area contributed by atoms with Crippen molar-refractivity contribution in [2.45, 2.75) is 12.8 Å². The van der Waals surface area contributed by atoms with Gasteiger partial charge in [0.2, 0.25) is 17.7 Å². The number of carbonyl (C=O) groups is 1. The Balaban J connectivity index is 1.45. The number of aromatic nitrogens is 3. The zero-order chi connectivity index (χ0) is 19.9. The number of rotatable bonds is 8. The Morgan fingerprint density at radius 3 is 2.50 bits per heavy atom. The molecule has 0 saturated carbocycles. The van der Waals surface area contributed by atoms with Crippen molar-refractivity contribution in [3.8, 4) is 23.3 Å². The van der Waals surface area contributed by atoms with E-state index in [9.17, 15) is 14.7 Å². The Kier molecular flexibility index (Phi) is 5.95. The molecule has 0 radical (unpaired) electrons. The summed E-state index contributed by atoms with van der Waals surface area (Å²) in [4.78, 5) is 31.5. The Morgan fingerprint density at radius 2 is 1.89 bits per heavy atom. The highest BCUT2D eigenvalue weighted by Gasteiger charge is 2.10. The van der Waals surface area contributed by atoms with Crippen molar-refractivity contribution in [3.05, 3.63) is 64.3 Å². The molecule has 9 nitrogen and oxygen atoms in total. The number of hydrogen-bond donors (Lipinski definition) is 4. The van der Waals surface area contributed by atoms with Crippen LogP contribution in [0, 0.1) is 0 Å². The molecule has 0 saturated heterocycles. The van der Waals surface area contributed by atoms with Crippen LogP contribution < -0.4 is 20.5 Å². The third-order valence-electron chi connectivity index (χ3n) is 3.93. The monoisotopic (exact) mass is 384 g/mol. The lowest BCUT2D eigenvalue weighted by molar-refractivity contribution is -0.120. The number of aromatic hydroxyl groups is 1. The van der Waals surface area contributed by atoms with Gasteiger partial charge in [0.15, 0.2) is 0 Å². The molecular formula is C19H20N4O5. The lowest BCUT2D eigenvalue weighted by atomic mass is 10.1. The van der Waals surface area contributed by atoms with Gasteiger partial charge in [-0.3, -0.25) is 9.78 Å². The van der Waals surface area contributed by atoms with E-state index < -0.39 is 5.69 Å². The molecule has 2 aromatic heterocycles. The minimum Gasteiger partial charge on any atom is -0.493 e. The average Bonchev–Trinajstić information content (AvgIpc) is 3.00. The number of benzene rings is 1. The van der Waals surface area contributed by atoms with Crippen LogP contribution in [0.3, 0.4) is 0 Å². The fraction of sp³-hybridized carbons (Fsp3) is 0.211. The van der Waals surface area contributed by atoms with Crippen LogP contribution in [0.4, 0.5) is 0 Å². The van der Waals surface area contributed by atoms with Gasteiger partial charge in [0, 0.05) is 12.6 Å². The predicted octanol–water partition coefficient (Wildman–Crippen LogP) is 1.51. The number of imidazole rings is 1. The van der Waals surface area contributed by atoms with E-state index >= 15 is 0 Å². The average molecular weight is 384 g/mol. The number of carbonyl (C=O) groups excluding carboxylic acids is 1. The van der Waals surface area contributed by atoms with E-state index in [0.717, 1.165) is 5.56 Å². The molecule has 0 fully saturated rings. The van der Waals surface area contributed by atoms with Crippen LogP contribution in [0.2, 0.25) is 0 Å². The number of nitrogens with zero attached hydrogens (tertiary/aromatic N) is 1. The number of pyridine rings is 1. The Morgan fingerprint density at radius 1 is 1.14 bits per heavy atom. The summed E-state index contributed by atoms with van der Waals surface area (Å²) in [5.74, 6) is 1.18. The number of methoxy groups -OCH3 is 1. The Bertz CT molecular complexity index is 977. The maximum atomic E-state index is 11.9. The van der Waals surface area contributed by atoms with Gasteiger partial charge in [0.05, 0.1) is 25.4 Å². The number of amides is 1. The summed E-state index contributed by atoms with van der Waals surface area (Å²) in [7, 11) is 1.55. The highest BCUT2D eigenvalue weighted by atomic mass is 16.5. The molecule has 3 aromatic rings. The van der Waals surface area contributed by atoms with Crippen LogP contribution in [0.1, 0.15) is 11.3 Å². The van der Waals surface area contributed by atoms with Gasteiger partial charge in [-0.15, -0.1) is 0 Å². The number of H-pyrrole nitrogens is 2. The second kappa shape index (κ2) is 8.76. The molecule has 0 aliphatic heterocycles. The Hall–Kier alpha value is -3.75. The standard InChI is InChI=1S/C19H20N4O5/c1-27-17-7-6-14(11-21-17)28-13-4-2-12(3-5-13)8-9-20-16(24)10-15-18(25)23-19(26)22-15/h2-7,11,25H,8-10H2,1H3,(H,20,24)(H2,22,23,26).